The van der Waals surface area contributed by atoms with Gasteiger partial charge in [0.15, 0.2) is 6.10 Å². The van der Waals surface area contributed by atoms with E-state index in [2.05, 4.69) is 5.32 Å². The summed E-state index contributed by atoms with van der Waals surface area (Å²) in [7, 11) is 0. The van der Waals surface area contributed by atoms with Gasteiger partial charge in [-0.3, -0.25) is 0 Å². The predicted molar refractivity (Wildman–Crippen MR) is 98.7 cm³/mol. The first-order valence-electron chi connectivity index (χ1n) is 8.18. The molecule has 1 heterocycles. The van der Waals surface area contributed by atoms with Gasteiger partial charge in [0.25, 0.3) is 0 Å². The topological polar surface area (TPSA) is 84.9 Å². The number of hydrogen-bond donors (Lipinski definition) is 2. The zero-order chi connectivity index (χ0) is 19.2. The van der Waals surface area contributed by atoms with Gasteiger partial charge in [-0.05, 0) is 37.8 Å². The molecule has 0 spiro atoms. The van der Waals surface area contributed by atoms with Crippen LogP contribution in [0.4, 0.5) is 4.79 Å². The fraction of sp³-hybridized carbons (Fsp3) is 0.368. The van der Waals surface area contributed by atoms with Crippen LogP contribution < -0.4 is 5.32 Å². The molecule has 0 fully saturated rings. The van der Waals surface area contributed by atoms with Crippen molar-refractivity contribution in [2.24, 2.45) is 0 Å². The summed E-state index contributed by atoms with van der Waals surface area (Å²) >= 11 is 1.31. The summed E-state index contributed by atoms with van der Waals surface area (Å²) in [6.45, 7) is 5.21. The first-order valence-corrected chi connectivity index (χ1v) is 9.06. The number of hydrogen-bond acceptors (Lipinski definition) is 6. The summed E-state index contributed by atoms with van der Waals surface area (Å²) in [5, 5.41) is 14.8. The molecular weight excluding hydrogens is 354 g/mol. The molecule has 0 aliphatic heterocycles. The van der Waals surface area contributed by atoms with E-state index in [1.165, 1.54) is 11.3 Å². The number of aliphatic hydroxyl groups excluding tert-OH is 1. The summed E-state index contributed by atoms with van der Waals surface area (Å²) in [4.78, 5) is 25.0. The van der Waals surface area contributed by atoms with Crippen molar-refractivity contribution in [3.8, 4) is 0 Å². The molecule has 26 heavy (non-hydrogen) atoms. The molecule has 140 valence electrons. The molecule has 2 rings (SSSR count). The van der Waals surface area contributed by atoms with E-state index in [9.17, 15) is 14.7 Å². The largest absolute Gasteiger partial charge is 0.458 e. The molecule has 0 bridgehead atoms. The molecule has 0 saturated heterocycles. The lowest BCUT2D eigenvalue weighted by Crippen LogP contribution is -2.42. The van der Waals surface area contributed by atoms with E-state index in [1.807, 2.05) is 30.3 Å². The second kappa shape index (κ2) is 8.82. The normalized spacial score (nSPS) is 13.5. The van der Waals surface area contributed by atoms with E-state index < -0.39 is 29.8 Å². The number of amides is 1. The Hall–Kier alpha value is -2.38. The van der Waals surface area contributed by atoms with Crippen LogP contribution in [0.25, 0.3) is 0 Å². The van der Waals surface area contributed by atoms with Crippen molar-refractivity contribution < 1.29 is 24.2 Å². The molecule has 0 radical (unpaired) electrons. The van der Waals surface area contributed by atoms with Crippen molar-refractivity contribution in [3.05, 3.63) is 58.3 Å². The fourth-order valence-corrected chi connectivity index (χ4v) is 2.97. The number of aliphatic hydroxyl groups is 1. The van der Waals surface area contributed by atoms with Gasteiger partial charge >= 0.3 is 12.1 Å². The number of carbonyl (C=O) groups excluding carboxylic acids is 2. The second-order valence-corrected chi connectivity index (χ2v) is 7.66. The number of rotatable bonds is 6. The highest BCUT2D eigenvalue weighted by atomic mass is 32.1. The molecule has 2 atom stereocenters. The fourth-order valence-electron chi connectivity index (χ4n) is 2.16. The maximum atomic E-state index is 12.2. The average molecular weight is 377 g/mol. The predicted octanol–water partition coefficient (Wildman–Crippen LogP) is 3.42. The number of esters is 1. The monoisotopic (exact) mass is 377 g/mol. The molecule has 6 nitrogen and oxygen atoms in total. The Morgan fingerprint density at radius 2 is 1.85 bits per heavy atom. The van der Waals surface area contributed by atoms with Crippen LogP contribution in [-0.4, -0.2) is 28.9 Å². The number of nitrogens with one attached hydrogen (secondary N) is 1. The molecule has 1 aromatic heterocycles. The van der Waals surface area contributed by atoms with Crippen molar-refractivity contribution in [3.63, 3.8) is 0 Å². The van der Waals surface area contributed by atoms with Gasteiger partial charge in [0, 0.05) is 4.88 Å². The molecular formula is C19H23NO5S. The number of alkyl carbamates (subject to hydrolysis) is 1. The smallest absolute Gasteiger partial charge is 0.408 e. The van der Waals surface area contributed by atoms with Crippen LogP contribution in [0.2, 0.25) is 0 Å². The van der Waals surface area contributed by atoms with Crippen LogP contribution in [0, 0.1) is 0 Å². The standard InChI is InChI=1S/C19H23NO5S/c1-19(2,3)25-17(22)16(21)15(14-10-7-11-26-14)20-18(23)24-12-13-8-5-4-6-9-13/h4-11,15-16,21H,12H2,1-3H3,(H,20,23)/t15-,16+/m0/s1. The Kier molecular flexibility index (Phi) is 6.76. The zero-order valence-electron chi connectivity index (χ0n) is 15.0. The van der Waals surface area contributed by atoms with Crippen LogP contribution >= 0.6 is 11.3 Å². The van der Waals surface area contributed by atoms with Crippen LogP contribution in [0.15, 0.2) is 47.8 Å². The molecule has 0 aliphatic rings. The molecule has 1 aromatic carbocycles. The minimum Gasteiger partial charge on any atom is -0.458 e. The third-order valence-electron chi connectivity index (χ3n) is 3.30. The molecule has 0 aliphatic carbocycles. The Balaban J connectivity index is 2.03. The van der Waals surface area contributed by atoms with Gasteiger partial charge in [0.1, 0.15) is 18.2 Å². The van der Waals surface area contributed by atoms with Gasteiger partial charge in [0.05, 0.1) is 0 Å². The van der Waals surface area contributed by atoms with Crippen molar-refractivity contribution in [2.45, 2.75) is 45.1 Å². The number of benzene rings is 1. The quantitative estimate of drug-likeness (QED) is 0.754. The van der Waals surface area contributed by atoms with Crippen LogP contribution in [-0.2, 0) is 20.9 Å². The highest BCUT2D eigenvalue weighted by molar-refractivity contribution is 7.10. The van der Waals surface area contributed by atoms with Gasteiger partial charge in [-0.1, -0.05) is 36.4 Å². The summed E-state index contributed by atoms with van der Waals surface area (Å²) < 4.78 is 10.4. The van der Waals surface area contributed by atoms with Crippen molar-refractivity contribution in [1.29, 1.82) is 0 Å². The molecule has 0 saturated carbocycles. The number of ether oxygens (including phenoxy) is 2. The van der Waals surface area contributed by atoms with Crippen LogP contribution in [0.1, 0.15) is 37.3 Å². The van der Waals surface area contributed by atoms with E-state index in [1.54, 1.807) is 38.3 Å². The molecule has 2 N–H and O–H groups in total. The summed E-state index contributed by atoms with van der Waals surface area (Å²) in [6, 6.07) is 11.8. The van der Waals surface area contributed by atoms with Crippen LogP contribution in [0.5, 0.6) is 0 Å². The number of carbonyl (C=O) groups is 2. The Morgan fingerprint density at radius 1 is 1.15 bits per heavy atom. The minimum atomic E-state index is -1.54. The summed E-state index contributed by atoms with van der Waals surface area (Å²) in [5.41, 5.74) is 0.0920. The summed E-state index contributed by atoms with van der Waals surface area (Å²) in [5.74, 6) is -0.806. The molecule has 2 aromatic rings. The SMILES string of the molecule is CC(C)(C)OC(=O)[C@H](O)[C@@H](NC(=O)OCc1ccccc1)c1cccs1. The Labute approximate surface area is 156 Å². The first kappa shape index (κ1) is 19.9. The lowest BCUT2D eigenvalue weighted by atomic mass is 10.1. The van der Waals surface area contributed by atoms with E-state index in [-0.39, 0.29) is 6.61 Å². The van der Waals surface area contributed by atoms with Gasteiger partial charge in [-0.25, -0.2) is 9.59 Å². The third kappa shape index (κ3) is 6.16. The van der Waals surface area contributed by atoms with E-state index in [4.69, 9.17) is 9.47 Å². The van der Waals surface area contributed by atoms with E-state index in [0.717, 1.165) is 5.56 Å². The molecule has 0 unspecified atom stereocenters. The second-order valence-electron chi connectivity index (χ2n) is 6.68. The molecule has 1 amide bonds. The third-order valence-corrected chi connectivity index (χ3v) is 4.26. The zero-order valence-corrected chi connectivity index (χ0v) is 15.8. The van der Waals surface area contributed by atoms with Crippen LogP contribution in [0.3, 0.4) is 0 Å². The van der Waals surface area contributed by atoms with Gasteiger partial charge in [-0.2, -0.15) is 0 Å². The highest BCUT2D eigenvalue weighted by Crippen LogP contribution is 2.24. The maximum Gasteiger partial charge on any atom is 0.408 e. The van der Waals surface area contributed by atoms with Crippen molar-refractivity contribution in [2.75, 3.05) is 0 Å². The van der Waals surface area contributed by atoms with Crippen molar-refractivity contribution >= 4 is 23.4 Å². The van der Waals surface area contributed by atoms with Crippen molar-refractivity contribution in [1.82, 2.24) is 5.32 Å². The lowest BCUT2D eigenvalue weighted by molar-refractivity contribution is -0.166. The van der Waals surface area contributed by atoms with Gasteiger partial charge in [-0.15, -0.1) is 11.3 Å². The highest BCUT2D eigenvalue weighted by Gasteiger charge is 2.33. The van der Waals surface area contributed by atoms with E-state index >= 15 is 0 Å². The average Bonchev–Trinajstić information content (AvgIpc) is 3.11. The van der Waals surface area contributed by atoms with Gasteiger partial charge in [0.2, 0.25) is 0 Å². The first-order chi connectivity index (χ1) is 12.3. The number of thiophene rings is 1. The Morgan fingerprint density at radius 3 is 2.42 bits per heavy atom. The summed E-state index contributed by atoms with van der Waals surface area (Å²) in [6.07, 6.45) is -2.27. The Bertz CT molecular complexity index is 709. The lowest BCUT2D eigenvalue weighted by Gasteiger charge is -2.26. The molecule has 7 heteroatoms. The van der Waals surface area contributed by atoms with E-state index in [0.29, 0.717) is 4.88 Å². The maximum absolute atomic E-state index is 12.2. The van der Waals surface area contributed by atoms with Gasteiger partial charge < -0.3 is 19.9 Å². The minimum absolute atomic E-state index is 0.0896.